The van der Waals surface area contributed by atoms with Gasteiger partial charge in [0.25, 0.3) is 0 Å². The lowest BCUT2D eigenvalue weighted by Crippen LogP contribution is -2.03. The van der Waals surface area contributed by atoms with E-state index in [0.29, 0.717) is 28.4 Å². The maximum Gasteiger partial charge on any atom is 0.416 e. The molecule has 0 bridgehead atoms. The van der Waals surface area contributed by atoms with E-state index < -0.39 is 17.7 Å². The first-order chi connectivity index (χ1) is 14.8. The van der Waals surface area contributed by atoms with Crippen LogP contribution in [0.5, 0.6) is 17.2 Å². The Morgan fingerprint density at radius 3 is 2.35 bits per heavy atom. The van der Waals surface area contributed by atoms with Crippen LogP contribution in [-0.4, -0.2) is 17.7 Å². The fourth-order valence-electron chi connectivity index (χ4n) is 2.78. The van der Waals surface area contributed by atoms with Gasteiger partial charge in [0, 0.05) is 11.6 Å². The van der Waals surface area contributed by atoms with E-state index in [-0.39, 0.29) is 13.0 Å². The average molecular weight is 428 g/mol. The number of ether oxygens (including phenoxy) is 2. The van der Waals surface area contributed by atoms with Gasteiger partial charge >= 0.3 is 12.1 Å². The van der Waals surface area contributed by atoms with E-state index in [0.717, 1.165) is 12.1 Å². The number of benzene rings is 3. The zero-order valence-electron chi connectivity index (χ0n) is 16.3. The van der Waals surface area contributed by atoms with Crippen LogP contribution in [0.15, 0.2) is 78.9 Å². The maximum absolute atomic E-state index is 12.6. The lowest BCUT2D eigenvalue weighted by atomic mass is 10.1. The Balaban J connectivity index is 1.59. The monoisotopic (exact) mass is 428 g/mol. The molecule has 3 aromatic rings. The van der Waals surface area contributed by atoms with Crippen LogP contribution in [-0.2, 0) is 17.4 Å². The summed E-state index contributed by atoms with van der Waals surface area (Å²) in [4.78, 5) is 11.0. The zero-order chi connectivity index (χ0) is 22.3. The fourth-order valence-corrected chi connectivity index (χ4v) is 2.78. The van der Waals surface area contributed by atoms with Crippen molar-refractivity contribution >= 4 is 12.0 Å². The molecule has 7 heteroatoms. The number of halogens is 3. The first kappa shape index (κ1) is 22.0. The van der Waals surface area contributed by atoms with Crippen LogP contribution in [0.25, 0.3) is 6.08 Å². The summed E-state index contributed by atoms with van der Waals surface area (Å²) in [5.41, 5.74) is 0.493. The number of para-hydroxylation sites is 1. The van der Waals surface area contributed by atoms with Gasteiger partial charge in [0.2, 0.25) is 0 Å². The Hall–Kier alpha value is -3.74. The van der Waals surface area contributed by atoms with Crippen molar-refractivity contribution in [3.8, 4) is 17.2 Å². The van der Waals surface area contributed by atoms with Crippen molar-refractivity contribution in [1.82, 2.24) is 0 Å². The van der Waals surface area contributed by atoms with Crippen molar-refractivity contribution in [1.29, 1.82) is 0 Å². The molecule has 0 aliphatic carbocycles. The largest absolute Gasteiger partial charge is 0.489 e. The van der Waals surface area contributed by atoms with Gasteiger partial charge in [0.05, 0.1) is 12.0 Å². The van der Waals surface area contributed by atoms with Gasteiger partial charge in [0.15, 0.2) is 0 Å². The van der Waals surface area contributed by atoms with Crippen LogP contribution in [0.3, 0.4) is 0 Å². The number of alkyl halides is 3. The molecule has 0 atom stereocenters. The lowest BCUT2D eigenvalue weighted by Gasteiger charge is -2.11. The van der Waals surface area contributed by atoms with E-state index in [1.165, 1.54) is 12.1 Å². The quantitative estimate of drug-likeness (QED) is 0.463. The number of hydrogen-bond donors (Lipinski definition) is 1. The molecule has 0 heterocycles. The summed E-state index contributed by atoms with van der Waals surface area (Å²) in [5.74, 6) is 0.518. The van der Waals surface area contributed by atoms with Gasteiger partial charge in [-0.05, 0) is 42.0 Å². The van der Waals surface area contributed by atoms with E-state index in [1.54, 1.807) is 60.7 Å². The Labute approximate surface area is 177 Å². The number of carboxylic acid groups (broad SMARTS) is 1. The minimum absolute atomic E-state index is 0.152. The van der Waals surface area contributed by atoms with Crippen LogP contribution in [0, 0.1) is 0 Å². The molecule has 0 saturated carbocycles. The van der Waals surface area contributed by atoms with E-state index in [2.05, 4.69) is 0 Å². The molecular formula is C24H19F3O4. The first-order valence-electron chi connectivity index (χ1n) is 9.35. The highest BCUT2D eigenvalue weighted by Gasteiger charge is 2.29. The molecule has 0 radical (unpaired) electrons. The fraction of sp³-hybridized carbons (Fsp3) is 0.125. The van der Waals surface area contributed by atoms with Gasteiger partial charge < -0.3 is 14.6 Å². The standard InChI is InChI=1S/C24H19F3O4/c25-24(26,27)19-12-10-17(11-13-19)5-4-14-30-20-7-3-8-21(16-20)31-22-9-2-1-6-18(22)15-23(28)29/h1-13,16H,14-15H2,(H,28,29)/b5-4+. The number of rotatable bonds is 8. The Kier molecular flexibility index (Phi) is 6.97. The van der Waals surface area contributed by atoms with E-state index in [4.69, 9.17) is 14.6 Å². The lowest BCUT2D eigenvalue weighted by molar-refractivity contribution is -0.138. The van der Waals surface area contributed by atoms with Gasteiger partial charge in [-0.1, -0.05) is 42.5 Å². The molecule has 4 nitrogen and oxygen atoms in total. The molecular weight excluding hydrogens is 409 g/mol. The topological polar surface area (TPSA) is 55.8 Å². The molecule has 0 unspecified atom stereocenters. The highest BCUT2D eigenvalue weighted by Crippen LogP contribution is 2.30. The van der Waals surface area contributed by atoms with Crippen molar-refractivity contribution in [2.75, 3.05) is 6.61 Å². The molecule has 0 aromatic heterocycles. The predicted molar refractivity (Wildman–Crippen MR) is 110 cm³/mol. The van der Waals surface area contributed by atoms with Crippen LogP contribution in [0.1, 0.15) is 16.7 Å². The smallest absolute Gasteiger partial charge is 0.416 e. The third kappa shape index (κ3) is 6.64. The molecule has 0 aliphatic heterocycles. The molecule has 3 aromatic carbocycles. The van der Waals surface area contributed by atoms with E-state index >= 15 is 0 Å². The van der Waals surface area contributed by atoms with Gasteiger partial charge in [-0.15, -0.1) is 0 Å². The Morgan fingerprint density at radius 2 is 1.65 bits per heavy atom. The summed E-state index contributed by atoms with van der Waals surface area (Å²) in [6.45, 7) is 0.208. The third-order valence-corrected chi connectivity index (χ3v) is 4.24. The minimum atomic E-state index is -4.35. The van der Waals surface area contributed by atoms with Gasteiger partial charge in [-0.25, -0.2) is 0 Å². The van der Waals surface area contributed by atoms with Crippen molar-refractivity contribution in [2.45, 2.75) is 12.6 Å². The van der Waals surface area contributed by atoms with Crippen molar-refractivity contribution < 1.29 is 32.5 Å². The summed E-state index contributed by atoms with van der Waals surface area (Å²) in [6.07, 6.45) is -1.14. The third-order valence-electron chi connectivity index (χ3n) is 4.24. The summed E-state index contributed by atoms with van der Waals surface area (Å²) in [7, 11) is 0. The van der Waals surface area contributed by atoms with Crippen molar-refractivity contribution in [3.05, 3.63) is 95.6 Å². The second-order valence-corrected chi connectivity index (χ2v) is 6.59. The molecule has 0 fully saturated rings. The molecule has 160 valence electrons. The van der Waals surface area contributed by atoms with E-state index in [1.807, 2.05) is 0 Å². The number of aliphatic carboxylic acids is 1. The first-order valence-corrected chi connectivity index (χ1v) is 9.35. The SMILES string of the molecule is O=C(O)Cc1ccccc1Oc1cccc(OC/C=C/c2ccc(C(F)(F)F)cc2)c1. The van der Waals surface area contributed by atoms with Gasteiger partial charge in [-0.3, -0.25) is 4.79 Å². The van der Waals surface area contributed by atoms with Gasteiger partial charge in [-0.2, -0.15) is 13.2 Å². The predicted octanol–water partition coefficient (Wildman–Crippen LogP) is 6.22. The highest BCUT2D eigenvalue weighted by molar-refractivity contribution is 5.71. The second-order valence-electron chi connectivity index (χ2n) is 6.59. The minimum Gasteiger partial charge on any atom is -0.489 e. The average Bonchev–Trinajstić information content (AvgIpc) is 2.72. The summed E-state index contributed by atoms with van der Waals surface area (Å²) in [5, 5.41) is 9.02. The molecule has 1 N–H and O–H groups in total. The van der Waals surface area contributed by atoms with Crippen LogP contribution in [0.2, 0.25) is 0 Å². The highest BCUT2D eigenvalue weighted by atomic mass is 19.4. The van der Waals surface area contributed by atoms with Gasteiger partial charge in [0.1, 0.15) is 23.9 Å². The zero-order valence-corrected chi connectivity index (χ0v) is 16.3. The van der Waals surface area contributed by atoms with Crippen molar-refractivity contribution in [3.63, 3.8) is 0 Å². The Bertz CT molecular complexity index is 1060. The number of carboxylic acids is 1. The molecule has 0 aliphatic rings. The number of carbonyl (C=O) groups is 1. The molecule has 31 heavy (non-hydrogen) atoms. The summed E-state index contributed by atoms with van der Waals surface area (Å²) in [6, 6.07) is 18.6. The molecule has 0 amide bonds. The normalized spacial score (nSPS) is 11.5. The molecule has 0 saturated heterocycles. The van der Waals surface area contributed by atoms with Crippen molar-refractivity contribution in [2.24, 2.45) is 0 Å². The second kappa shape index (κ2) is 9.84. The Morgan fingerprint density at radius 1 is 0.935 bits per heavy atom. The summed E-state index contributed by atoms with van der Waals surface area (Å²) < 4.78 is 49.2. The van der Waals surface area contributed by atoms with Crippen LogP contribution >= 0.6 is 0 Å². The summed E-state index contributed by atoms with van der Waals surface area (Å²) >= 11 is 0. The molecule has 3 rings (SSSR count). The van der Waals surface area contributed by atoms with Crippen LogP contribution < -0.4 is 9.47 Å². The van der Waals surface area contributed by atoms with Crippen LogP contribution in [0.4, 0.5) is 13.2 Å². The van der Waals surface area contributed by atoms with E-state index in [9.17, 15) is 18.0 Å². The maximum atomic E-state index is 12.6. The number of hydrogen-bond acceptors (Lipinski definition) is 3. The molecule has 0 spiro atoms.